The van der Waals surface area contributed by atoms with Crippen LogP contribution >= 0.6 is 11.6 Å². The third-order valence-electron chi connectivity index (χ3n) is 3.76. The molecule has 0 saturated carbocycles. The summed E-state index contributed by atoms with van der Waals surface area (Å²) in [6.07, 6.45) is 0. The number of fused-ring (bicyclic) bond motifs is 2. The van der Waals surface area contributed by atoms with Crippen LogP contribution in [-0.4, -0.2) is 25.1 Å². The number of benzene rings is 1. The minimum absolute atomic E-state index is 0.00354. The molecule has 134 valence electrons. The first kappa shape index (κ1) is 16.6. The van der Waals surface area contributed by atoms with E-state index < -0.39 is 21.8 Å². The number of halogens is 1. The van der Waals surface area contributed by atoms with Crippen molar-refractivity contribution in [3.8, 4) is 11.3 Å². The van der Waals surface area contributed by atoms with E-state index in [9.17, 15) is 24.5 Å². The molecule has 3 aromatic heterocycles. The third-order valence-corrected chi connectivity index (χ3v) is 4.04. The Morgan fingerprint density at radius 3 is 2.59 bits per heavy atom. The Morgan fingerprint density at radius 1 is 1.07 bits per heavy atom. The number of nitro groups is 1. The molecule has 0 fully saturated rings. The van der Waals surface area contributed by atoms with Gasteiger partial charge in [-0.2, -0.15) is 0 Å². The number of rotatable bonds is 2. The normalized spacial score (nSPS) is 11.1. The Labute approximate surface area is 151 Å². The summed E-state index contributed by atoms with van der Waals surface area (Å²) in [6, 6.07) is 4.80. The molecular weight excluding hydrogens is 382 g/mol. The quantitative estimate of drug-likeness (QED) is 0.295. The first-order valence-electron chi connectivity index (χ1n) is 7.25. The van der Waals surface area contributed by atoms with Crippen LogP contribution in [0, 0.1) is 10.1 Å². The number of hydrogen-bond acceptors (Lipinski definition) is 8. The van der Waals surface area contributed by atoms with E-state index in [1.807, 2.05) is 4.98 Å². The highest BCUT2D eigenvalue weighted by atomic mass is 35.5. The summed E-state index contributed by atoms with van der Waals surface area (Å²) in [5.74, 6) is 0. The first-order valence-corrected chi connectivity index (χ1v) is 7.63. The van der Waals surface area contributed by atoms with Crippen LogP contribution in [-0.2, 0) is 0 Å². The molecule has 27 heavy (non-hydrogen) atoms. The summed E-state index contributed by atoms with van der Waals surface area (Å²) in [5.41, 5.74) is -2.75. The number of H-pyrrole nitrogens is 2. The zero-order valence-corrected chi connectivity index (χ0v) is 13.7. The second kappa shape index (κ2) is 5.85. The van der Waals surface area contributed by atoms with Gasteiger partial charge in [0.05, 0.1) is 20.9 Å². The molecule has 0 atom stereocenters. The Hall–Kier alpha value is -3.86. The van der Waals surface area contributed by atoms with Crippen LogP contribution in [0.2, 0.25) is 5.02 Å². The van der Waals surface area contributed by atoms with Crippen LogP contribution in [0.5, 0.6) is 0 Å². The topological polar surface area (TPSA) is 165 Å². The zero-order valence-electron chi connectivity index (χ0n) is 13.0. The minimum Gasteiger partial charge on any atom is -0.421 e. The molecule has 4 rings (SSSR count). The zero-order chi connectivity index (χ0) is 19.3. The number of nitrogens with zero attached hydrogens (tertiary/aromatic N) is 3. The molecular formula is C15H6ClN5O6. The lowest BCUT2D eigenvalue weighted by molar-refractivity contribution is -0.384. The first-order chi connectivity index (χ1) is 12.8. The molecule has 0 aliphatic rings. The summed E-state index contributed by atoms with van der Waals surface area (Å²) in [6.45, 7) is 0. The lowest BCUT2D eigenvalue weighted by Crippen LogP contribution is -2.22. The monoisotopic (exact) mass is 387 g/mol. The molecule has 2 N–H and O–H groups in total. The number of aromatic amines is 2. The van der Waals surface area contributed by atoms with E-state index >= 15 is 0 Å². The van der Waals surface area contributed by atoms with Gasteiger partial charge in [0.1, 0.15) is 5.69 Å². The van der Waals surface area contributed by atoms with E-state index in [0.717, 1.165) is 6.07 Å². The Kier molecular flexibility index (Phi) is 3.59. The highest BCUT2D eigenvalue weighted by Gasteiger charge is 2.17. The average molecular weight is 388 g/mol. The molecule has 0 aliphatic carbocycles. The van der Waals surface area contributed by atoms with Gasteiger partial charge in [0, 0.05) is 17.5 Å². The third kappa shape index (κ3) is 2.75. The van der Waals surface area contributed by atoms with E-state index in [2.05, 4.69) is 15.2 Å². The SMILES string of the molecule is O=c1[nH]c(=O)c2cc(-c3cc4cc([N+](=O)[O-])cc(Cl)c4oc3=O)nnc2[nH]1. The highest BCUT2D eigenvalue weighted by molar-refractivity contribution is 6.35. The summed E-state index contributed by atoms with van der Waals surface area (Å²) in [4.78, 5) is 50.2. The maximum atomic E-state index is 12.3. The standard InChI is InChI=1S/C15H6ClN5O6/c16-9-3-6(21(25)26)1-5-2-7(14(23)27-11(5)9)10-4-8-12(20-19-10)17-15(24)18-13(8)22/h1-4H,(H2,17,18,20,22,24). The highest BCUT2D eigenvalue weighted by Crippen LogP contribution is 2.30. The molecule has 1 aromatic carbocycles. The van der Waals surface area contributed by atoms with Crippen molar-refractivity contribution in [2.24, 2.45) is 0 Å². The molecule has 4 aromatic rings. The van der Waals surface area contributed by atoms with Crippen LogP contribution in [0.4, 0.5) is 5.69 Å². The fraction of sp³-hybridized carbons (Fsp3) is 0. The lowest BCUT2D eigenvalue weighted by Gasteiger charge is -2.04. The number of aromatic nitrogens is 4. The van der Waals surface area contributed by atoms with Crippen molar-refractivity contribution in [3.63, 3.8) is 0 Å². The second-order valence-corrected chi connectivity index (χ2v) is 5.86. The largest absolute Gasteiger partial charge is 0.421 e. The van der Waals surface area contributed by atoms with Crippen molar-refractivity contribution < 1.29 is 9.34 Å². The number of nitro benzene ring substituents is 1. The second-order valence-electron chi connectivity index (χ2n) is 5.45. The molecule has 0 spiro atoms. The van der Waals surface area contributed by atoms with E-state index in [1.165, 1.54) is 18.2 Å². The Balaban J connectivity index is 2.01. The number of nitrogens with one attached hydrogen (secondary N) is 2. The fourth-order valence-corrected chi connectivity index (χ4v) is 2.82. The van der Waals surface area contributed by atoms with Crippen molar-refractivity contribution in [2.75, 3.05) is 0 Å². The number of non-ortho nitro benzene ring substituents is 1. The van der Waals surface area contributed by atoms with Crippen molar-refractivity contribution >= 4 is 39.3 Å². The summed E-state index contributed by atoms with van der Waals surface area (Å²) in [7, 11) is 0. The molecule has 11 nitrogen and oxygen atoms in total. The minimum atomic E-state index is -0.826. The molecule has 0 bridgehead atoms. The van der Waals surface area contributed by atoms with Crippen molar-refractivity contribution in [1.29, 1.82) is 0 Å². The Morgan fingerprint density at radius 2 is 1.85 bits per heavy atom. The van der Waals surface area contributed by atoms with Crippen LogP contribution in [0.1, 0.15) is 0 Å². The van der Waals surface area contributed by atoms with E-state index in [4.69, 9.17) is 16.0 Å². The smallest absolute Gasteiger partial charge is 0.345 e. The van der Waals surface area contributed by atoms with Gasteiger partial charge in [-0.15, -0.1) is 10.2 Å². The molecule has 0 aliphatic heterocycles. The van der Waals surface area contributed by atoms with Crippen LogP contribution in [0.3, 0.4) is 0 Å². The fourth-order valence-electron chi connectivity index (χ4n) is 2.56. The maximum absolute atomic E-state index is 12.3. The predicted octanol–water partition coefficient (Wildman–Crippen LogP) is 1.34. The van der Waals surface area contributed by atoms with E-state index in [0.29, 0.717) is 0 Å². The van der Waals surface area contributed by atoms with Gasteiger partial charge in [0.25, 0.3) is 11.2 Å². The van der Waals surface area contributed by atoms with Crippen molar-refractivity contribution in [2.45, 2.75) is 0 Å². The summed E-state index contributed by atoms with van der Waals surface area (Å²) in [5, 5.41) is 18.6. The molecule has 0 amide bonds. The van der Waals surface area contributed by atoms with Crippen LogP contribution in [0.15, 0.2) is 43.1 Å². The maximum Gasteiger partial charge on any atom is 0.345 e. The molecule has 0 unspecified atom stereocenters. The van der Waals surface area contributed by atoms with Gasteiger partial charge in [-0.25, -0.2) is 9.59 Å². The lowest BCUT2D eigenvalue weighted by atomic mass is 10.1. The number of hydrogen-bond donors (Lipinski definition) is 2. The van der Waals surface area contributed by atoms with Crippen molar-refractivity contribution in [1.82, 2.24) is 20.2 Å². The molecule has 0 saturated heterocycles. The predicted molar refractivity (Wildman–Crippen MR) is 93.9 cm³/mol. The van der Waals surface area contributed by atoms with E-state index in [-0.39, 0.29) is 44.0 Å². The van der Waals surface area contributed by atoms with Crippen LogP contribution in [0.25, 0.3) is 33.3 Å². The molecule has 0 radical (unpaired) electrons. The van der Waals surface area contributed by atoms with Gasteiger partial charge < -0.3 is 4.42 Å². The van der Waals surface area contributed by atoms with Crippen molar-refractivity contribution in [3.05, 3.63) is 70.7 Å². The van der Waals surface area contributed by atoms with Gasteiger partial charge in [-0.3, -0.25) is 24.9 Å². The van der Waals surface area contributed by atoms with Gasteiger partial charge in [0.15, 0.2) is 11.2 Å². The summed E-state index contributed by atoms with van der Waals surface area (Å²) >= 11 is 5.95. The van der Waals surface area contributed by atoms with Gasteiger partial charge in [-0.05, 0) is 12.1 Å². The molecule has 3 heterocycles. The van der Waals surface area contributed by atoms with Crippen LogP contribution < -0.4 is 16.9 Å². The van der Waals surface area contributed by atoms with Gasteiger partial charge in [-0.1, -0.05) is 11.6 Å². The molecule has 12 heteroatoms. The van der Waals surface area contributed by atoms with Gasteiger partial charge in [0.2, 0.25) is 0 Å². The average Bonchev–Trinajstić information content (AvgIpc) is 2.61. The Bertz CT molecular complexity index is 1440. The van der Waals surface area contributed by atoms with Gasteiger partial charge >= 0.3 is 11.3 Å². The summed E-state index contributed by atoms with van der Waals surface area (Å²) < 4.78 is 5.15. The van der Waals surface area contributed by atoms with E-state index in [1.54, 1.807) is 0 Å².